The Balaban J connectivity index is 1.97. The maximum atomic E-state index is 13.8. The molecule has 0 bridgehead atoms. The first kappa shape index (κ1) is 27.7. The smallest absolute Gasteiger partial charge is 0.339 e. The van der Waals surface area contributed by atoms with Gasteiger partial charge in [-0.2, -0.15) is 8.42 Å². The number of likely N-dealkylation sites (N-methyl/N-ethyl adjacent to an activating group) is 1. The third-order valence-electron chi connectivity index (χ3n) is 7.02. The number of carboxylic acid groups (broad SMARTS) is 1. The van der Waals surface area contributed by atoms with Gasteiger partial charge in [-0.05, 0) is 62.8 Å². The monoisotopic (exact) mass is 517 g/mol. The van der Waals surface area contributed by atoms with E-state index >= 15 is 0 Å². The van der Waals surface area contributed by atoms with Crippen molar-refractivity contribution in [2.45, 2.75) is 57.8 Å². The summed E-state index contributed by atoms with van der Waals surface area (Å²) < 4.78 is 27.0. The van der Waals surface area contributed by atoms with E-state index in [1.807, 2.05) is 19.1 Å². The summed E-state index contributed by atoms with van der Waals surface area (Å²) in [7, 11) is -0.904. The molecule has 0 aromatic heterocycles. The molecule has 1 aliphatic rings. The first-order valence-corrected chi connectivity index (χ1v) is 13.7. The van der Waals surface area contributed by atoms with E-state index in [0.29, 0.717) is 23.4 Å². The van der Waals surface area contributed by atoms with Crippen molar-refractivity contribution in [2.75, 3.05) is 32.1 Å². The lowest BCUT2D eigenvalue weighted by atomic mass is 9.88. The van der Waals surface area contributed by atoms with E-state index in [-0.39, 0.29) is 22.9 Å². The average molecular weight is 518 g/mol. The molecule has 8 nitrogen and oxygen atoms in total. The molecule has 1 fully saturated rings. The molecular weight excluding hydrogens is 480 g/mol. The van der Waals surface area contributed by atoms with E-state index < -0.39 is 31.5 Å². The van der Waals surface area contributed by atoms with Gasteiger partial charge in [0.05, 0.1) is 14.1 Å². The van der Waals surface area contributed by atoms with Gasteiger partial charge in [-0.25, -0.2) is 8.68 Å². The lowest BCUT2D eigenvalue weighted by molar-refractivity contribution is -0.753. The van der Waals surface area contributed by atoms with Crippen molar-refractivity contribution in [2.24, 2.45) is 5.92 Å². The highest BCUT2D eigenvalue weighted by Crippen LogP contribution is 2.32. The number of nitrogens with zero attached hydrogens (tertiary/aromatic N) is 2. The van der Waals surface area contributed by atoms with Gasteiger partial charge in [0, 0.05) is 18.3 Å². The van der Waals surface area contributed by atoms with Gasteiger partial charge in [0.2, 0.25) is 0 Å². The molecule has 2 aromatic rings. The van der Waals surface area contributed by atoms with Gasteiger partial charge in [0.25, 0.3) is 5.91 Å². The highest BCUT2D eigenvalue weighted by Gasteiger charge is 2.40. The molecule has 196 valence electrons. The molecule has 9 heteroatoms. The van der Waals surface area contributed by atoms with Crippen LogP contribution < -0.4 is 4.90 Å². The molecule has 0 radical (unpaired) electrons. The number of aromatic hydroxyl groups is 1. The zero-order valence-electron chi connectivity index (χ0n) is 21.7. The summed E-state index contributed by atoms with van der Waals surface area (Å²) in [5.74, 6) is -1.86. The summed E-state index contributed by atoms with van der Waals surface area (Å²) in [4.78, 5) is 26.8. The van der Waals surface area contributed by atoms with Crippen LogP contribution in [0.5, 0.6) is 5.75 Å². The zero-order chi connectivity index (χ0) is 26.8. The molecular formula is C27H37N2O6S+. The summed E-state index contributed by atoms with van der Waals surface area (Å²) in [5.41, 5.74) is 2.34. The number of quaternary nitrogens is 1. The van der Waals surface area contributed by atoms with Gasteiger partial charge in [-0.3, -0.25) is 4.79 Å². The molecule has 0 aliphatic heterocycles. The Morgan fingerprint density at radius 1 is 1.00 bits per heavy atom. The van der Waals surface area contributed by atoms with Crippen LogP contribution in [0.25, 0.3) is 0 Å². The topological polar surface area (TPSA) is 112 Å². The number of aryl methyl sites for hydroxylation is 3. The number of hydrogen-bond donors (Lipinski definition) is 2. The summed E-state index contributed by atoms with van der Waals surface area (Å²) in [6.45, 7) is 5.50. The second kappa shape index (κ2) is 10.6. The van der Waals surface area contributed by atoms with Crippen molar-refractivity contribution in [1.82, 2.24) is 0 Å². The third kappa shape index (κ3) is 5.73. The largest absolute Gasteiger partial charge is 0.507 e. The van der Waals surface area contributed by atoms with Crippen LogP contribution in [0.1, 0.15) is 59.2 Å². The fourth-order valence-corrected chi connectivity index (χ4v) is 6.87. The van der Waals surface area contributed by atoms with E-state index in [2.05, 4.69) is 0 Å². The minimum Gasteiger partial charge on any atom is -0.507 e. The Morgan fingerprint density at radius 3 is 2.11 bits per heavy atom. The standard InChI is InChI=1S/C27H36N2O6S/c1-18-13-19(2)26(20(3)14-18)36(34,35)29(4,5)17-25(31)28(16-21-9-7-6-8-10-21)22-11-12-23(27(32)33)24(30)15-22/h11-15,21H,6-10,16-17H2,1-5H3,(H-,30,32,33)/p+1. The van der Waals surface area contributed by atoms with E-state index in [0.717, 1.165) is 37.7 Å². The molecule has 0 atom stereocenters. The van der Waals surface area contributed by atoms with Crippen molar-refractivity contribution < 1.29 is 32.1 Å². The van der Waals surface area contributed by atoms with Gasteiger partial charge in [-0.1, -0.05) is 37.0 Å². The van der Waals surface area contributed by atoms with Crippen LogP contribution in [0.4, 0.5) is 5.69 Å². The zero-order valence-corrected chi connectivity index (χ0v) is 22.6. The van der Waals surface area contributed by atoms with E-state index in [4.69, 9.17) is 0 Å². The van der Waals surface area contributed by atoms with Crippen LogP contribution in [0.15, 0.2) is 35.2 Å². The van der Waals surface area contributed by atoms with E-state index in [1.165, 1.54) is 37.2 Å². The average Bonchev–Trinajstić information content (AvgIpc) is 2.76. The van der Waals surface area contributed by atoms with Crippen molar-refractivity contribution in [1.29, 1.82) is 0 Å². The number of sulfonamides is 1. The molecule has 1 amide bonds. The molecule has 0 saturated heterocycles. The first-order chi connectivity index (χ1) is 16.7. The molecule has 1 aliphatic carbocycles. The summed E-state index contributed by atoms with van der Waals surface area (Å²) in [5, 5.41) is 19.5. The van der Waals surface area contributed by atoms with Gasteiger partial charge >= 0.3 is 16.0 Å². The van der Waals surface area contributed by atoms with Crippen LogP contribution in [-0.4, -0.2) is 61.6 Å². The molecule has 1 saturated carbocycles. The number of hydrogen-bond acceptors (Lipinski definition) is 5. The summed E-state index contributed by atoms with van der Waals surface area (Å²) in [6, 6.07) is 7.68. The minimum atomic E-state index is -3.92. The number of phenols is 1. The van der Waals surface area contributed by atoms with Crippen LogP contribution in [0.3, 0.4) is 0 Å². The number of anilines is 1. The maximum absolute atomic E-state index is 13.8. The van der Waals surface area contributed by atoms with Crippen LogP contribution in [0.2, 0.25) is 0 Å². The lowest BCUT2D eigenvalue weighted by Crippen LogP contribution is -2.53. The van der Waals surface area contributed by atoms with Crippen LogP contribution in [-0.2, 0) is 14.8 Å². The number of amides is 1. The van der Waals surface area contributed by atoms with Gasteiger partial charge in [-0.15, -0.1) is 0 Å². The molecule has 0 heterocycles. The number of rotatable bonds is 8. The quantitative estimate of drug-likeness (QED) is 0.502. The highest BCUT2D eigenvalue weighted by atomic mass is 32.2. The third-order valence-corrected chi connectivity index (χ3v) is 9.61. The molecule has 2 aromatic carbocycles. The Kier molecular flexibility index (Phi) is 8.15. The molecule has 0 spiro atoms. The van der Waals surface area contributed by atoms with E-state index in [1.54, 1.807) is 13.8 Å². The SMILES string of the molecule is Cc1cc(C)c(S(=O)(=O)[N+](C)(C)CC(=O)N(CC2CCCCC2)c2ccc(C(=O)O)c(O)c2)c(C)c1. The first-order valence-electron chi connectivity index (χ1n) is 12.3. The van der Waals surface area contributed by atoms with Crippen molar-refractivity contribution in [3.05, 3.63) is 52.6 Å². The Labute approximate surface area is 213 Å². The molecule has 0 unspecified atom stereocenters. The predicted molar refractivity (Wildman–Crippen MR) is 139 cm³/mol. The fourth-order valence-electron chi connectivity index (χ4n) is 5.16. The van der Waals surface area contributed by atoms with Crippen LogP contribution >= 0.6 is 0 Å². The van der Waals surface area contributed by atoms with Gasteiger partial charge < -0.3 is 15.1 Å². The maximum Gasteiger partial charge on any atom is 0.339 e. The van der Waals surface area contributed by atoms with Crippen LogP contribution in [0, 0.1) is 26.7 Å². The van der Waals surface area contributed by atoms with Gasteiger partial charge in [0.1, 0.15) is 16.2 Å². The molecule has 36 heavy (non-hydrogen) atoms. The number of carbonyl (C=O) groups excluding carboxylic acids is 1. The minimum absolute atomic E-state index is 0.230. The van der Waals surface area contributed by atoms with Crippen molar-refractivity contribution in [3.8, 4) is 5.75 Å². The number of carbonyl (C=O) groups is 2. The number of carboxylic acids is 1. The van der Waals surface area contributed by atoms with Crippen molar-refractivity contribution >= 4 is 27.6 Å². The van der Waals surface area contributed by atoms with Crippen molar-refractivity contribution in [3.63, 3.8) is 0 Å². The second-order valence-corrected chi connectivity index (χ2v) is 12.8. The Morgan fingerprint density at radius 2 is 1.58 bits per heavy atom. The molecule has 2 N–H and O–H groups in total. The summed E-state index contributed by atoms with van der Waals surface area (Å²) in [6.07, 6.45) is 5.20. The normalized spacial score (nSPS) is 15.0. The van der Waals surface area contributed by atoms with E-state index in [9.17, 15) is 28.2 Å². The number of benzene rings is 2. The lowest BCUT2D eigenvalue weighted by Gasteiger charge is -2.34. The Bertz CT molecular complexity index is 1240. The highest BCUT2D eigenvalue weighted by molar-refractivity contribution is 7.86. The van der Waals surface area contributed by atoms with Gasteiger partial charge in [0.15, 0.2) is 6.54 Å². The Hall–Kier alpha value is -2.91. The number of aromatic carboxylic acids is 1. The predicted octanol–water partition coefficient (Wildman–Crippen LogP) is 4.39. The molecule has 3 rings (SSSR count). The summed E-state index contributed by atoms with van der Waals surface area (Å²) >= 11 is 0. The fraction of sp³-hybridized carbons (Fsp3) is 0.481. The second-order valence-electron chi connectivity index (χ2n) is 10.4.